The molecule has 0 saturated heterocycles. The summed E-state index contributed by atoms with van der Waals surface area (Å²) in [5.41, 5.74) is 2.96. The Morgan fingerprint density at radius 1 is 1.11 bits per heavy atom. The van der Waals surface area contributed by atoms with E-state index in [4.69, 9.17) is 11.6 Å². The van der Waals surface area contributed by atoms with Gasteiger partial charge >= 0.3 is 0 Å². The highest BCUT2D eigenvalue weighted by Crippen LogP contribution is 2.31. The summed E-state index contributed by atoms with van der Waals surface area (Å²) in [6.45, 7) is 6.29. The Kier molecular flexibility index (Phi) is 5.66. The Morgan fingerprint density at radius 3 is 2.44 bits per heavy atom. The van der Waals surface area contributed by atoms with E-state index in [9.17, 15) is 9.90 Å². The first-order valence-corrected chi connectivity index (χ1v) is 9.38. The van der Waals surface area contributed by atoms with Crippen LogP contribution < -0.4 is 5.56 Å². The van der Waals surface area contributed by atoms with E-state index >= 15 is 0 Å². The smallest absolute Gasteiger partial charge is 0.278 e. The third-order valence-electron chi connectivity index (χ3n) is 4.49. The second-order valence-corrected chi connectivity index (χ2v) is 7.54. The molecule has 0 aliphatic rings. The molecule has 2 aromatic carbocycles. The van der Waals surface area contributed by atoms with Crippen LogP contribution in [0.25, 0.3) is 11.1 Å². The number of aryl methyl sites for hydroxylation is 1. The predicted octanol–water partition coefficient (Wildman–Crippen LogP) is 4.82. The number of halogens is 1. The van der Waals surface area contributed by atoms with Crippen molar-refractivity contribution < 1.29 is 5.11 Å². The summed E-state index contributed by atoms with van der Waals surface area (Å²) in [7, 11) is 0. The molecular formula is C22H23ClN2O2. The Balaban J connectivity index is 2.22. The van der Waals surface area contributed by atoms with Gasteiger partial charge in [-0.2, -0.15) is 5.10 Å². The fraction of sp³-hybridized carbons (Fsp3) is 0.273. The summed E-state index contributed by atoms with van der Waals surface area (Å²) in [5.74, 6) is 0.262. The number of hydrogen-bond donors (Lipinski definition) is 1. The molecule has 0 aliphatic heterocycles. The van der Waals surface area contributed by atoms with Crippen LogP contribution in [0.3, 0.4) is 0 Å². The fourth-order valence-electron chi connectivity index (χ4n) is 3.13. The monoisotopic (exact) mass is 382 g/mol. The van der Waals surface area contributed by atoms with Gasteiger partial charge in [0.1, 0.15) is 5.69 Å². The molecule has 0 spiro atoms. The molecule has 1 N–H and O–H groups in total. The Bertz CT molecular complexity index is 1030. The van der Waals surface area contributed by atoms with Crippen molar-refractivity contribution in [3.05, 3.63) is 80.7 Å². The van der Waals surface area contributed by atoms with Crippen LogP contribution in [0.5, 0.6) is 5.75 Å². The molecule has 140 valence electrons. The van der Waals surface area contributed by atoms with E-state index in [-0.39, 0.29) is 17.9 Å². The van der Waals surface area contributed by atoms with E-state index in [1.54, 1.807) is 6.07 Å². The zero-order valence-corrected chi connectivity index (χ0v) is 16.5. The van der Waals surface area contributed by atoms with Gasteiger partial charge in [-0.3, -0.25) is 4.79 Å². The van der Waals surface area contributed by atoms with Crippen LogP contribution in [-0.4, -0.2) is 14.9 Å². The minimum absolute atomic E-state index is 0.0293. The number of aromatic hydroxyl groups is 1. The van der Waals surface area contributed by atoms with E-state index < -0.39 is 0 Å². The molecule has 0 amide bonds. The highest BCUT2D eigenvalue weighted by Gasteiger charge is 2.20. The standard InChI is InChI=1S/C22H23ClN2O2/c1-14(2)12-19-21(26)20(17-10-6-4-8-15(17)3)22(27)25(24-19)13-16-9-5-7-11-18(16)23/h4-11,14,26H,12-13H2,1-3H3. The van der Waals surface area contributed by atoms with Gasteiger partial charge in [-0.15, -0.1) is 0 Å². The van der Waals surface area contributed by atoms with Gasteiger partial charge in [0.15, 0.2) is 5.75 Å². The number of hydrogen-bond acceptors (Lipinski definition) is 3. The molecule has 27 heavy (non-hydrogen) atoms. The molecule has 0 saturated carbocycles. The van der Waals surface area contributed by atoms with Crippen LogP contribution in [0, 0.1) is 12.8 Å². The van der Waals surface area contributed by atoms with Crippen molar-refractivity contribution in [3.63, 3.8) is 0 Å². The lowest BCUT2D eigenvalue weighted by molar-refractivity contribution is 0.444. The van der Waals surface area contributed by atoms with E-state index in [0.29, 0.717) is 28.6 Å². The maximum atomic E-state index is 13.2. The van der Waals surface area contributed by atoms with Crippen LogP contribution in [0.1, 0.15) is 30.7 Å². The third-order valence-corrected chi connectivity index (χ3v) is 4.86. The summed E-state index contributed by atoms with van der Waals surface area (Å²) in [6.07, 6.45) is 0.577. The number of nitrogens with zero attached hydrogens (tertiary/aromatic N) is 2. The SMILES string of the molecule is Cc1ccccc1-c1c(O)c(CC(C)C)nn(Cc2ccccc2Cl)c1=O. The first-order valence-electron chi connectivity index (χ1n) is 9.00. The molecule has 0 atom stereocenters. The predicted molar refractivity (Wildman–Crippen MR) is 109 cm³/mol. The molecular weight excluding hydrogens is 360 g/mol. The van der Waals surface area contributed by atoms with Crippen LogP contribution in [0.15, 0.2) is 53.3 Å². The van der Waals surface area contributed by atoms with Crippen LogP contribution >= 0.6 is 11.6 Å². The van der Waals surface area contributed by atoms with Crippen molar-refractivity contribution in [2.45, 2.75) is 33.7 Å². The van der Waals surface area contributed by atoms with Gasteiger partial charge in [0.05, 0.1) is 12.1 Å². The van der Waals surface area contributed by atoms with E-state index in [1.165, 1.54) is 4.68 Å². The minimum Gasteiger partial charge on any atom is -0.505 e. The summed E-state index contributed by atoms with van der Waals surface area (Å²) in [5, 5.41) is 15.9. The summed E-state index contributed by atoms with van der Waals surface area (Å²) in [4.78, 5) is 13.2. The first-order chi connectivity index (χ1) is 12.9. The molecule has 3 rings (SSSR count). The average molecular weight is 383 g/mol. The molecule has 0 bridgehead atoms. The zero-order chi connectivity index (χ0) is 19.6. The van der Waals surface area contributed by atoms with Crippen molar-refractivity contribution >= 4 is 11.6 Å². The number of aromatic nitrogens is 2. The zero-order valence-electron chi connectivity index (χ0n) is 15.7. The second kappa shape index (κ2) is 7.97. The van der Waals surface area contributed by atoms with Gasteiger partial charge in [0.25, 0.3) is 5.56 Å². The van der Waals surface area contributed by atoms with Gasteiger partial charge in [0, 0.05) is 5.02 Å². The Morgan fingerprint density at radius 2 is 1.78 bits per heavy atom. The largest absolute Gasteiger partial charge is 0.505 e. The Hall–Kier alpha value is -2.59. The van der Waals surface area contributed by atoms with Gasteiger partial charge < -0.3 is 5.11 Å². The lowest BCUT2D eigenvalue weighted by atomic mass is 9.98. The van der Waals surface area contributed by atoms with E-state index in [2.05, 4.69) is 18.9 Å². The fourth-order valence-corrected chi connectivity index (χ4v) is 3.32. The number of rotatable bonds is 5. The highest BCUT2D eigenvalue weighted by atomic mass is 35.5. The summed E-state index contributed by atoms with van der Waals surface area (Å²) < 4.78 is 1.40. The summed E-state index contributed by atoms with van der Waals surface area (Å²) >= 11 is 6.27. The molecule has 1 heterocycles. The molecule has 1 aromatic heterocycles. The highest BCUT2D eigenvalue weighted by molar-refractivity contribution is 6.31. The topological polar surface area (TPSA) is 55.1 Å². The van der Waals surface area contributed by atoms with E-state index in [1.807, 2.05) is 49.4 Å². The second-order valence-electron chi connectivity index (χ2n) is 7.14. The third kappa shape index (κ3) is 4.06. The molecule has 0 aliphatic carbocycles. The molecule has 0 radical (unpaired) electrons. The van der Waals surface area contributed by atoms with E-state index in [0.717, 1.165) is 16.7 Å². The lowest BCUT2D eigenvalue weighted by Gasteiger charge is -2.16. The van der Waals surface area contributed by atoms with Crippen molar-refractivity contribution in [2.24, 2.45) is 5.92 Å². The van der Waals surface area contributed by atoms with Gasteiger partial charge in [0.2, 0.25) is 0 Å². The van der Waals surface area contributed by atoms with Crippen LogP contribution in [0.4, 0.5) is 0 Å². The molecule has 0 fully saturated rings. The molecule has 3 aromatic rings. The lowest BCUT2D eigenvalue weighted by Crippen LogP contribution is -2.27. The van der Waals surface area contributed by atoms with Gasteiger partial charge in [-0.1, -0.05) is 67.9 Å². The van der Waals surface area contributed by atoms with Crippen molar-refractivity contribution in [2.75, 3.05) is 0 Å². The number of benzene rings is 2. The van der Waals surface area contributed by atoms with Crippen molar-refractivity contribution in [3.8, 4) is 16.9 Å². The summed E-state index contributed by atoms with van der Waals surface area (Å²) in [6, 6.07) is 14.9. The van der Waals surface area contributed by atoms with Crippen molar-refractivity contribution in [1.29, 1.82) is 0 Å². The molecule has 0 unspecified atom stereocenters. The van der Waals surface area contributed by atoms with Crippen LogP contribution in [0.2, 0.25) is 5.02 Å². The normalized spacial score (nSPS) is 11.1. The first kappa shape index (κ1) is 19.2. The molecule has 5 heteroatoms. The van der Waals surface area contributed by atoms with Gasteiger partial charge in [-0.25, -0.2) is 4.68 Å². The average Bonchev–Trinajstić information content (AvgIpc) is 2.62. The van der Waals surface area contributed by atoms with Crippen molar-refractivity contribution in [1.82, 2.24) is 9.78 Å². The minimum atomic E-state index is -0.325. The quantitative estimate of drug-likeness (QED) is 0.687. The maximum absolute atomic E-state index is 13.2. The Labute approximate surface area is 164 Å². The molecule has 4 nitrogen and oxygen atoms in total. The van der Waals surface area contributed by atoms with Gasteiger partial charge in [-0.05, 0) is 42.0 Å². The maximum Gasteiger partial charge on any atom is 0.278 e. The van der Waals surface area contributed by atoms with Crippen LogP contribution in [-0.2, 0) is 13.0 Å².